The van der Waals surface area contributed by atoms with Crippen LogP contribution in [0.4, 0.5) is 0 Å². The number of halogens is 1. The third-order valence-electron chi connectivity index (χ3n) is 3.33. The summed E-state index contributed by atoms with van der Waals surface area (Å²) in [5.74, 6) is 5.69. The van der Waals surface area contributed by atoms with Gasteiger partial charge in [0, 0.05) is 34.2 Å². The second kappa shape index (κ2) is 6.98. The number of hydrogen-bond donors (Lipinski definition) is 2. The number of hydrazine groups is 1. The average Bonchev–Trinajstić information content (AvgIpc) is 2.81. The lowest BCUT2D eigenvalue weighted by molar-refractivity contribution is -0.0446. The smallest absolute Gasteiger partial charge is 0.0872 e. The average molecular weight is 334 g/mol. The molecule has 0 bridgehead atoms. The van der Waals surface area contributed by atoms with Crippen LogP contribution < -0.4 is 11.3 Å². The SMILES string of the molecule is CCN1CCOC(C(Cc2cc(Br)cs2)NN)C1. The van der Waals surface area contributed by atoms with Crippen LogP contribution in [0, 0.1) is 0 Å². The van der Waals surface area contributed by atoms with Gasteiger partial charge in [0.15, 0.2) is 0 Å². The number of nitrogens with two attached hydrogens (primary N) is 1. The van der Waals surface area contributed by atoms with Crippen molar-refractivity contribution >= 4 is 27.3 Å². The van der Waals surface area contributed by atoms with Crippen molar-refractivity contribution in [2.24, 2.45) is 5.84 Å². The van der Waals surface area contributed by atoms with Gasteiger partial charge in [0.05, 0.1) is 18.8 Å². The minimum absolute atomic E-state index is 0.171. The molecule has 1 aromatic heterocycles. The van der Waals surface area contributed by atoms with Gasteiger partial charge in [-0.05, 0) is 28.5 Å². The third-order valence-corrected chi connectivity index (χ3v) is 5.05. The van der Waals surface area contributed by atoms with E-state index in [1.807, 2.05) is 0 Å². The summed E-state index contributed by atoms with van der Waals surface area (Å²) in [5.41, 5.74) is 2.91. The zero-order valence-electron chi connectivity index (χ0n) is 10.6. The molecule has 2 unspecified atom stereocenters. The number of likely N-dealkylation sites (N-methyl/N-ethyl adjacent to an activating group) is 1. The number of rotatable bonds is 5. The summed E-state index contributed by atoms with van der Waals surface area (Å²) in [5, 5.41) is 2.10. The molecule has 2 rings (SSSR count). The minimum Gasteiger partial charge on any atom is -0.374 e. The van der Waals surface area contributed by atoms with Crippen molar-refractivity contribution in [2.45, 2.75) is 25.5 Å². The molecule has 2 heterocycles. The summed E-state index contributed by atoms with van der Waals surface area (Å²) in [4.78, 5) is 3.73. The topological polar surface area (TPSA) is 50.5 Å². The van der Waals surface area contributed by atoms with Crippen molar-refractivity contribution in [2.75, 3.05) is 26.2 Å². The summed E-state index contributed by atoms with van der Waals surface area (Å²) >= 11 is 5.23. The maximum atomic E-state index is 5.85. The molecule has 6 heteroatoms. The molecule has 0 aliphatic carbocycles. The maximum absolute atomic E-state index is 5.85. The molecule has 0 saturated carbocycles. The molecule has 1 aliphatic rings. The van der Waals surface area contributed by atoms with Crippen LogP contribution in [-0.4, -0.2) is 43.3 Å². The Labute approximate surface area is 121 Å². The van der Waals surface area contributed by atoms with Gasteiger partial charge >= 0.3 is 0 Å². The van der Waals surface area contributed by atoms with Gasteiger partial charge in [-0.2, -0.15) is 0 Å². The van der Waals surface area contributed by atoms with Crippen LogP contribution in [0.15, 0.2) is 15.9 Å². The molecule has 1 aliphatic heterocycles. The summed E-state index contributed by atoms with van der Waals surface area (Å²) in [7, 11) is 0. The van der Waals surface area contributed by atoms with E-state index >= 15 is 0 Å². The summed E-state index contributed by atoms with van der Waals surface area (Å²) in [6.07, 6.45) is 1.08. The second-order valence-corrected chi connectivity index (χ2v) is 6.42. The van der Waals surface area contributed by atoms with Crippen LogP contribution in [0.5, 0.6) is 0 Å². The Morgan fingerprint density at radius 1 is 1.72 bits per heavy atom. The first-order chi connectivity index (χ1) is 8.72. The molecular weight excluding hydrogens is 314 g/mol. The molecule has 102 valence electrons. The molecule has 0 spiro atoms. The van der Waals surface area contributed by atoms with E-state index in [0.717, 1.165) is 37.1 Å². The van der Waals surface area contributed by atoms with Gasteiger partial charge < -0.3 is 4.74 Å². The molecular formula is C12H20BrN3OS. The molecule has 2 atom stereocenters. The fourth-order valence-electron chi connectivity index (χ4n) is 2.24. The highest BCUT2D eigenvalue weighted by Gasteiger charge is 2.27. The highest BCUT2D eigenvalue weighted by Crippen LogP contribution is 2.22. The number of morpholine rings is 1. The molecule has 4 nitrogen and oxygen atoms in total. The van der Waals surface area contributed by atoms with E-state index in [0.29, 0.717) is 0 Å². The molecule has 1 fully saturated rings. The quantitative estimate of drug-likeness (QED) is 0.635. The molecule has 0 radical (unpaired) electrons. The monoisotopic (exact) mass is 333 g/mol. The van der Waals surface area contributed by atoms with E-state index < -0.39 is 0 Å². The zero-order valence-corrected chi connectivity index (χ0v) is 13.0. The van der Waals surface area contributed by atoms with Crippen molar-refractivity contribution < 1.29 is 4.74 Å². The van der Waals surface area contributed by atoms with E-state index in [4.69, 9.17) is 10.6 Å². The molecule has 18 heavy (non-hydrogen) atoms. The first kappa shape index (κ1) is 14.4. The van der Waals surface area contributed by atoms with E-state index in [1.54, 1.807) is 11.3 Å². The lowest BCUT2D eigenvalue weighted by atomic mass is 10.1. The molecule has 1 aromatic rings. The molecule has 0 amide bonds. The number of hydrogen-bond acceptors (Lipinski definition) is 5. The Bertz CT molecular complexity index is 374. The van der Waals surface area contributed by atoms with E-state index in [9.17, 15) is 0 Å². The first-order valence-electron chi connectivity index (χ1n) is 6.26. The van der Waals surface area contributed by atoms with Crippen LogP contribution in [0.3, 0.4) is 0 Å². The maximum Gasteiger partial charge on any atom is 0.0872 e. The standard InChI is InChI=1S/C12H20BrN3OS/c1-2-16-3-4-17-12(7-16)11(15-14)6-10-5-9(13)8-18-10/h5,8,11-12,15H,2-4,6-7,14H2,1H3. The zero-order chi connectivity index (χ0) is 13.0. The van der Waals surface area contributed by atoms with E-state index in [2.05, 4.69) is 44.6 Å². The van der Waals surface area contributed by atoms with Gasteiger partial charge in [0.2, 0.25) is 0 Å². The molecule has 0 aromatic carbocycles. The summed E-state index contributed by atoms with van der Waals surface area (Å²) in [6, 6.07) is 2.32. The predicted octanol–water partition coefficient (Wildman–Crippen LogP) is 1.61. The molecule has 3 N–H and O–H groups in total. The Balaban J connectivity index is 1.95. The first-order valence-corrected chi connectivity index (χ1v) is 7.93. The number of nitrogens with one attached hydrogen (secondary N) is 1. The highest BCUT2D eigenvalue weighted by atomic mass is 79.9. The normalized spacial score (nSPS) is 23.2. The van der Waals surface area contributed by atoms with Gasteiger partial charge in [-0.15, -0.1) is 11.3 Å². The predicted molar refractivity (Wildman–Crippen MR) is 78.7 cm³/mol. The molecule has 1 saturated heterocycles. The fourth-order valence-corrected chi connectivity index (χ4v) is 3.75. The van der Waals surface area contributed by atoms with Crippen molar-refractivity contribution in [1.82, 2.24) is 10.3 Å². The van der Waals surface area contributed by atoms with Crippen LogP contribution in [0.1, 0.15) is 11.8 Å². The van der Waals surface area contributed by atoms with E-state index in [-0.39, 0.29) is 12.1 Å². The summed E-state index contributed by atoms with van der Waals surface area (Å²) < 4.78 is 6.99. The fraction of sp³-hybridized carbons (Fsp3) is 0.667. The van der Waals surface area contributed by atoms with Crippen molar-refractivity contribution in [1.29, 1.82) is 0 Å². The lowest BCUT2D eigenvalue weighted by Crippen LogP contribution is -2.54. The van der Waals surface area contributed by atoms with E-state index in [1.165, 1.54) is 4.88 Å². The van der Waals surface area contributed by atoms with Gasteiger partial charge in [0.25, 0.3) is 0 Å². The summed E-state index contributed by atoms with van der Waals surface area (Å²) in [6.45, 7) is 6.03. The number of nitrogens with zero attached hydrogens (tertiary/aromatic N) is 1. The Hall–Kier alpha value is 0.0200. The van der Waals surface area contributed by atoms with Crippen LogP contribution in [-0.2, 0) is 11.2 Å². The Morgan fingerprint density at radius 3 is 3.17 bits per heavy atom. The van der Waals surface area contributed by atoms with Crippen molar-refractivity contribution in [3.63, 3.8) is 0 Å². The van der Waals surface area contributed by atoms with Crippen LogP contribution >= 0.6 is 27.3 Å². The van der Waals surface area contributed by atoms with Crippen molar-refractivity contribution in [3.8, 4) is 0 Å². The van der Waals surface area contributed by atoms with Gasteiger partial charge in [-0.25, -0.2) is 0 Å². The Morgan fingerprint density at radius 2 is 2.56 bits per heavy atom. The van der Waals surface area contributed by atoms with Crippen LogP contribution in [0.25, 0.3) is 0 Å². The minimum atomic E-state index is 0.171. The Kier molecular flexibility index (Phi) is 5.59. The van der Waals surface area contributed by atoms with Crippen LogP contribution in [0.2, 0.25) is 0 Å². The number of thiophene rings is 1. The third kappa shape index (κ3) is 3.76. The van der Waals surface area contributed by atoms with Gasteiger partial charge in [-0.3, -0.25) is 16.2 Å². The largest absolute Gasteiger partial charge is 0.374 e. The number of ether oxygens (including phenoxy) is 1. The second-order valence-electron chi connectivity index (χ2n) is 4.51. The van der Waals surface area contributed by atoms with Gasteiger partial charge in [-0.1, -0.05) is 6.92 Å². The lowest BCUT2D eigenvalue weighted by Gasteiger charge is -2.36. The van der Waals surface area contributed by atoms with Crippen molar-refractivity contribution in [3.05, 3.63) is 20.8 Å². The highest BCUT2D eigenvalue weighted by molar-refractivity contribution is 9.10. The van der Waals surface area contributed by atoms with Gasteiger partial charge in [0.1, 0.15) is 0 Å².